The summed E-state index contributed by atoms with van der Waals surface area (Å²) in [5.41, 5.74) is 1.80. The highest BCUT2D eigenvalue weighted by Gasteiger charge is 2.04. The number of nitrogens with zero attached hydrogens (tertiary/aromatic N) is 1. The fourth-order valence-corrected chi connectivity index (χ4v) is 3.02. The summed E-state index contributed by atoms with van der Waals surface area (Å²) in [7, 11) is 0. The lowest BCUT2D eigenvalue weighted by Crippen LogP contribution is -2.01. The van der Waals surface area contributed by atoms with Crippen molar-refractivity contribution in [1.82, 2.24) is 4.98 Å². The van der Waals surface area contributed by atoms with Crippen LogP contribution in [0.5, 0.6) is 0 Å². The molecule has 116 valence electrons. The van der Waals surface area contributed by atoms with Crippen LogP contribution in [0, 0.1) is 0 Å². The smallest absolute Gasteiger partial charge is 0.330 e. The highest BCUT2D eigenvalue weighted by molar-refractivity contribution is 9.10. The predicted molar refractivity (Wildman–Crippen MR) is 94.3 cm³/mol. The van der Waals surface area contributed by atoms with E-state index >= 15 is 0 Å². The maximum Gasteiger partial charge on any atom is 0.330 e. The second kappa shape index (κ2) is 8.31. The van der Waals surface area contributed by atoms with Gasteiger partial charge in [0.1, 0.15) is 0 Å². The summed E-state index contributed by atoms with van der Waals surface area (Å²) in [5, 5.41) is 3.31. The molecule has 2 aromatic rings. The van der Waals surface area contributed by atoms with E-state index in [0.29, 0.717) is 17.6 Å². The fourth-order valence-electron chi connectivity index (χ4n) is 1.73. The van der Waals surface area contributed by atoms with Gasteiger partial charge in [-0.05, 0) is 36.8 Å². The molecule has 1 aromatic heterocycles. The third-order valence-electron chi connectivity index (χ3n) is 2.68. The molecule has 0 aliphatic heterocycles. The van der Waals surface area contributed by atoms with E-state index in [9.17, 15) is 4.79 Å². The van der Waals surface area contributed by atoms with Crippen LogP contribution in [0.3, 0.4) is 0 Å². The number of hydrogen-bond acceptors (Lipinski definition) is 5. The van der Waals surface area contributed by atoms with Gasteiger partial charge in [-0.1, -0.05) is 27.5 Å². The van der Waals surface area contributed by atoms with Crippen molar-refractivity contribution in [1.29, 1.82) is 0 Å². The van der Waals surface area contributed by atoms with Crippen molar-refractivity contribution in [3.05, 3.63) is 49.9 Å². The minimum absolute atomic E-state index is 0.359. The van der Waals surface area contributed by atoms with Crippen molar-refractivity contribution in [3.63, 3.8) is 0 Å². The fraction of sp³-hybridized carbons (Fsp3) is 0.200. The number of nitrogens with one attached hydrogen (secondary N) is 1. The van der Waals surface area contributed by atoms with Crippen molar-refractivity contribution in [2.45, 2.75) is 13.5 Å². The number of anilines is 1. The Balaban J connectivity index is 2.11. The Hall–Kier alpha value is -1.37. The molecule has 0 unspecified atom stereocenters. The second-order valence-electron chi connectivity index (χ2n) is 4.25. The van der Waals surface area contributed by atoms with Crippen LogP contribution in [0.4, 0.5) is 5.69 Å². The van der Waals surface area contributed by atoms with Gasteiger partial charge in [0.25, 0.3) is 0 Å². The van der Waals surface area contributed by atoms with E-state index in [1.54, 1.807) is 19.2 Å². The van der Waals surface area contributed by atoms with Gasteiger partial charge in [0.15, 0.2) is 4.47 Å². The molecule has 0 amide bonds. The first kappa shape index (κ1) is 17.0. The van der Waals surface area contributed by atoms with Gasteiger partial charge in [0.05, 0.1) is 13.2 Å². The number of carbonyl (C=O) groups is 1. The molecule has 0 bridgehead atoms. The zero-order chi connectivity index (χ0) is 15.9. The van der Waals surface area contributed by atoms with Gasteiger partial charge < -0.3 is 10.1 Å². The van der Waals surface area contributed by atoms with Crippen molar-refractivity contribution >= 4 is 56.6 Å². The third kappa shape index (κ3) is 5.12. The zero-order valence-electron chi connectivity index (χ0n) is 11.8. The molecule has 1 heterocycles. The minimum Gasteiger partial charge on any atom is -0.463 e. The van der Waals surface area contributed by atoms with E-state index in [1.807, 2.05) is 18.2 Å². The summed E-state index contributed by atoms with van der Waals surface area (Å²) in [6.07, 6.45) is 4.89. The molecule has 0 aliphatic rings. The van der Waals surface area contributed by atoms with Crippen LogP contribution in [-0.4, -0.2) is 17.6 Å². The SMILES string of the molecule is CCOC(=O)C=Cc1cc(Br)ccc1NCc1cnc(Cl)s1. The van der Waals surface area contributed by atoms with Crippen LogP contribution in [0.25, 0.3) is 6.08 Å². The molecule has 0 atom stereocenters. The number of hydrogen-bond donors (Lipinski definition) is 1. The molecule has 1 aromatic carbocycles. The van der Waals surface area contributed by atoms with E-state index in [1.165, 1.54) is 17.4 Å². The van der Waals surface area contributed by atoms with E-state index in [-0.39, 0.29) is 5.97 Å². The van der Waals surface area contributed by atoms with Crippen LogP contribution in [-0.2, 0) is 16.1 Å². The number of carbonyl (C=O) groups excluding carboxylic acids is 1. The lowest BCUT2D eigenvalue weighted by molar-refractivity contribution is -0.137. The second-order valence-corrected chi connectivity index (χ2v) is 6.86. The van der Waals surface area contributed by atoms with Crippen molar-refractivity contribution < 1.29 is 9.53 Å². The number of halogens is 2. The monoisotopic (exact) mass is 400 g/mol. The summed E-state index contributed by atoms with van der Waals surface area (Å²) in [6.45, 7) is 2.75. The number of aromatic nitrogens is 1. The molecule has 0 saturated heterocycles. The van der Waals surface area contributed by atoms with Crippen LogP contribution in [0.2, 0.25) is 4.47 Å². The van der Waals surface area contributed by atoms with E-state index < -0.39 is 0 Å². The summed E-state index contributed by atoms with van der Waals surface area (Å²) >= 11 is 10.7. The van der Waals surface area contributed by atoms with Crippen LogP contribution < -0.4 is 5.32 Å². The van der Waals surface area contributed by atoms with E-state index in [2.05, 4.69) is 26.2 Å². The molecule has 4 nitrogen and oxygen atoms in total. The van der Waals surface area contributed by atoms with E-state index in [0.717, 1.165) is 20.6 Å². The lowest BCUT2D eigenvalue weighted by Gasteiger charge is -2.09. The molecular formula is C15H14BrClN2O2S. The normalized spacial score (nSPS) is 10.9. The Bertz CT molecular complexity index is 688. The summed E-state index contributed by atoms with van der Waals surface area (Å²) in [4.78, 5) is 16.5. The van der Waals surface area contributed by atoms with Crippen molar-refractivity contribution in [3.8, 4) is 0 Å². The summed E-state index contributed by atoms with van der Waals surface area (Å²) < 4.78 is 6.34. The minimum atomic E-state index is -0.359. The molecule has 1 N–H and O–H groups in total. The van der Waals surface area contributed by atoms with Gasteiger partial charge in [-0.2, -0.15) is 0 Å². The van der Waals surface area contributed by atoms with Gasteiger partial charge in [0, 0.05) is 27.3 Å². The highest BCUT2D eigenvalue weighted by atomic mass is 79.9. The first-order valence-electron chi connectivity index (χ1n) is 6.57. The molecule has 7 heteroatoms. The Morgan fingerprint density at radius 1 is 1.55 bits per heavy atom. The van der Waals surface area contributed by atoms with Gasteiger partial charge in [-0.25, -0.2) is 9.78 Å². The highest BCUT2D eigenvalue weighted by Crippen LogP contribution is 2.24. The molecule has 0 saturated carbocycles. The average Bonchev–Trinajstić information content (AvgIpc) is 2.90. The Kier molecular flexibility index (Phi) is 6.42. The quantitative estimate of drug-likeness (QED) is 0.561. The van der Waals surface area contributed by atoms with Crippen molar-refractivity contribution in [2.24, 2.45) is 0 Å². The van der Waals surface area contributed by atoms with Gasteiger partial charge >= 0.3 is 5.97 Å². The summed E-state index contributed by atoms with van der Waals surface area (Å²) in [5.74, 6) is -0.359. The molecule has 0 spiro atoms. The first-order chi connectivity index (χ1) is 10.6. The Morgan fingerprint density at radius 3 is 3.05 bits per heavy atom. The van der Waals surface area contributed by atoms with E-state index in [4.69, 9.17) is 16.3 Å². The molecular weight excluding hydrogens is 388 g/mol. The lowest BCUT2D eigenvalue weighted by atomic mass is 10.1. The topological polar surface area (TPSA) is 51.2 Å². The number of rotatable bonds is 6. The van der Waals surface area contributed by atoms with Crippen LogP contribution in [0.15, 0.2) is 34.9 Å². The Morgan fingerprint density at radius 2 is 2.36 bits per heavy atom. The number of thiazole rings is 1. The molecule has 0 aliphatic carbocycles. The first-order valence-corrected chi connectivity index (χ1v) is 8.55. The molecule has 0 fully saturated rings. The van der Waals surface area contributed by atoms with Gasteiger partial charge in [-0.3, -0.25) is 0 Å². The predicted octanol–water partition coefficient (Wildman–Crippen LogP) is 4.75. The number of benzene rings is 1. The number of esters is 1. The number of ether oxygens (including phenoxy) is 1. The molecule has 2 rings (SSSR count). The van der Waals surface area contributed by atoms with Crippen LogP contribution >= 0.6 is 38.9 Å². The standard InChI is InChI=1S/C15H14BrClN2O2S/c1-2-21-14(20)6-3-10-7-11(16)4-5-13(10)18-8-12-9-19-15(17)22-12/h3-7,9,18H,2,8H2,1H3. The summed E-state index contributed by atoms with van der Waals surface area (Å²) in [6, 6.07) is 5.80. The zero-order valence-corrected chi connectivity index (χ0v) is 15.0. The molecule has 0 radical (unpaired) electrons. The van der Waals surface area contributed by atoms with Crippen LogP contribution in [0.1, 0.15) is 17.4 Å². The van der Waals surface area contributed by atoms with Gasteiger partial charge in [-0.15, -0.1) is 11.3 Å². The maximum atomic E-state index is 11.4. The Labute approximate surface area is 146 Å². The average molecular weight is 402 g/mol. The van der Waals surface area contributed by atoms with Crippen molar-refractivity contribution in [2.75, 3.05) is 11.9 Å². The third-order valence-corrected chi connectivity index (χ3v) is 4.29. The largest absolute Gasteiger partial charge is 0.463 e. The maximum absolute atomic E-state index is 11.4. The molecule has 22 heavy (non-hydrogen) atoms. The van der Waals surface area contributed by atoms with Gasteiger partial charge in [0.2, 0.25) is 0 Å².